The van der Waals surface area contributed by atoms with Gasteiger partial charge in [-0.2, -0.15) is 0 Å². The molecule has 0 atom stereocenters. The van der Waals surface area contributed by atoms with Crippen LogP contribution < -0.4 is 0 Å². The summed E-state index contributed by atoms with van der Waals surface area (Å²) < 4.78 is 13.4. The number of hydrogen-bond acceptors (Lipinski definition) is 2. The molecule has 1 aromatic heterocycles. The third-order valence-corrected chi connectivity index (χ3v) is 2.85. The summed E-state index contributed by atoms with van der Waals surface area (Å²) in [5, 5.41) is 0.394. The first-order valence-electron chi connectivity index (χ1n) is 4.83. The summed E-state index contributed by atoms with van der Waals surface area (Å²) in [6.45, 7) is 3.54. The first-order chi connectivity index (χ1) is 7.59. The molecule has 0 saturated heterocycles. The fourth-order valence-electron chi connectivity index (χ4n) is 1.46. The number of hydrogen-bond donors (Lipinski definition) is 0. The molecule has 0 aliphatic carbocycles. The monoisotopic (exact) mass is 236 g/mol. The summed E-state index contributed by atoms with van der Waals surface area (Å²) in [5.74, 6) is -0.244. The van der Waals surface area contributed by atoms with Crippen LogP contribution in [0.1, 0.15) is 11.1 Å². The SMILES string of the molecule is Cc1ccc(-c2ncnc(Cl)c2C)cc1F. The number of nitrogens with zero attached hydrogens (tertiary/aromatic N) is 2. The number of rotatable bonds is 1. The van der Waals surface area contributed by atoms with Crippen LogP contribution in [0.15, 0.2) is 24.5 Å². The van der Waals surface area contributed by atoms with Gasteiger partial charge in [0.15, 0.2) is 0 Å². The highest BCUT2D eigenvalue weighted by Crippen LogP contribution is 2.25. The highest BCUT2D eigenvalue weighted by molar-refractivity contribution is 6.30. The van der Waals surface area contributed by atoms with Crippen LogP contribution in [0.2, 0.25) is 5.15 Å². The van der Waals surface area contributed by atoms with Crippen molar-refractivity contribution in [1.29, 1.82) is 0 Å². The van der Waals surface area contributed by atoms with Crippen molar-refractivity contribution in [2.24, 2.45) is 0 Å². The van der Waals surface area contributed by atoms with Crippen molar-refractivity contribution in [1.82, 2.24) is 9.97 Å². The summed E-state index contributed by atoms with van der Waals surface area (Å²) >= 11 is 5.89. The van der Waals surface area contributed by atoms with E-state index in [2.05, 4.69) is 9.97 Å². The topological polar surface area (TPSA) is 25.8 Å². The summed E-state index contributed by atoms with van der Waals surface area (Å²) in [5.41, 5.74) is 2.75. The molecule has 0 aliphatic rings. The zero-order valence-corrected chi connectivity index (χ0v) is 9.72. The molecule has 2 aromatic rings. The van der Waals surface area contributed by atoms with Gasteiger partial charge < -0.3 is 0 Å². The zero-order valence-electron chi connectivity index (χ0n) is 8.96. The second kappa shape index (κ2) is 4.18. The Morgan fingerprint density at radius 3 is 2.62 bits per heavy atom. The summed E-state index contributed by atoms with van der Waals surface area (Å²) in [7, 11) is 0. The predicted molar refractivity (Wildman–Crippen MR) is 61.9 cm³/mol. The van der Waals surface area contributed by atoms with E-state index in [-0.39, 0.29) is 5.82 Å². The lowest BCUT2D eigenvalue weighted by atomic mass is 10.1. The molecule has 0 N–H and O–H groups in total. The van der Waals surface area contributed by atoms with Crippen LogP contribution >= 0.6 is 11.6 Å². The van der Waals surface area contributed by atoms with E-state index in [0.29, 0.717) is 22.0 Å². The molecule has 0 amide bonds. The van der Waals surface area contributed by atoms with Crippen LogP contribution in [0.5, 0.6) is 0 Å². The minimum Gasteiger partial charge on any atom is -0.236 e. The molecule has 82 valence electrons. The van der Waals surface area contributed by atoms with Gasteiger partial charge >= 0.3 is 0 Å². The van der Waals surface area contributed by atoms with Crippen LogP contribution in [0.3, 0.4) is 0 Å². The van der Waals surface area contributed by atoms with E-state index in [4.69, 9.17) is 11.6 Å². The second-order valence-corrected chi connectivity index (χ2v) is 3.96. The first kappa shape index (κ1) is 11.0. The zero-order chi connectivity index (χ0) is 11.7. The van der Waals surface area contributed by atoms with Gasteiger partial charge in [0.1, 0.15) is 17.3 Å². The molecule has 0 aliphatic heterocycles. The maximum absolute atomic E-state index is 13.4. The van der Waals surface area contributed by atoms with E-state index in [1.807, 2.05) is 13.0 Å². The van der Waals surface area contributed by atoms with Crippen LogP contribution in [0.25, 0.3) is 11.3 Å². The number of aromatic nitrogens is 2. The second-order valence-electron chi connectivity index (χ2n) is 3.60. The van der Waals surface area contributed by atoms with Gasteiger partial charge in [0.25, 0.3) is 0 Å². The Morgan fingerprint density at radius 2 is 1.94 bits per heavy atom. The fourth-order valence-corrected chi connectivity index (χ4v) is 1.59. The Bertz CT molecular complexity index is 541. The maximum Gasteiger partial charge on any atom is 0.135 e. The van der Waals surface area contributed by atoms with Crippen molar-refractivity contribution >= 4 is 11.6 Å². The number of halogens is 2. The normalized spacial score (nSPS) is 10.5. The highest BCUT2D eigenvalue weighted by Gasteiger charge is 2.08. The molecular weight excluding hydrogens is 227 g/mol. The van der Waals surface area contributed by atoms with E-state index in [0.717, 1.165) is 5.56 Å². The van der Waals surface area contributed by atoms with Crippen LogP contribution in [-0.4, -0.2) is 9.97 Å². The molecule has 2 rings (SSSR count). The average Bonchev–Trinajstić information content (AvgIpc) is 2.26. The molecule has 0 unspecified atom stereocenters. The minimum atomic E-state index is -0.244. The van der Waals surface area contributed by atoms with Gasteiger partial charge in [-0.3, -0.25) is 0 Å². The van der Waals surface area contributed by atoms with Gasteiger partial charge in [0.05, 0.1) is 5.69 Å². The third kappa shape index (κ3) is 1.91. The number of aryl methyl sites for hydroxylation is 1. The van der Waals surface area contributed by atoms with Crippen molar-refractivity contribution in [3.05, 3.63) is 46.6 Å². The molecule has 4 heteroatoms. The van der Waals surface area contributed by atoms with E-state index < -0.39 is 0 Å². The van der Waals surface area contributed by atoms with Crippen LogP contribution in [0.4, 0.5) is 4.39 Å². The number of benzene rings is 1. The van der Waals surface area contributed by atoms with E-state index in [1.165, 1.54) is 12.4 Å². The molecule has 0 saturated carbocycles. The van der Waals surface area contributed by atoms with Crippen LogP contribution in [-0.2, 0) is 0 Å². The van der Waals surface area contributed by atoms with Crippen molar-refractivity contribution < 1.29 is 4.39 Å². The van der Waals surface area contributed by atoms with Gasteiger partial charge in [-0.25, -0.2) is 14.4 Å². The minimum absolute atomic E-state index is 0.244. The molecule has 0 bridgehead atoms. The van der Waals surface area contributed by atoms with Gasteiger partial charge in [0, 0.05) is 11.1 Å². The quantitative estimate of drug-likeness (QED) is 0.708. The molecule has 0 fully saturated rings. The fraction of sp³-hybridized carbons (Fsp3) is 0.167. The van der Waals surface area contributed by atoms with Gasteiger partial charge in [0.2, 0.25) is 0 Å². The summed E-state index contributed by atoms with van der Waals surface area (Å²) in [6.07, 6.45) is 1.38. The Morgan fingerprint density at radius 1 is 1.19 bits per heavy atom. The van der Waals surface area contributed by atoms with Crippen molar-refractivity contribution in [3.63, 3.8) is 0 Å². The van der Waals surface area contributed by atoms with Crippen molar-refractivity contribution in [2.45, 2.75) is 13.8 Å². The smallest absolute Gasteiger partial charge is 0.135 e. The maximum atomic E-state index is 13.4. The Labute approximate surface area is 98.1 Å². The molecule has 0 radical (unpaired) electrons. The van der Waals surface area contributed by atoms with Gasteiger partial charge in [-0.05, 0) is 25.5 Å². The Kier molecular flexibility index (Phi) is 2.88. The lowest BCUT2D eigenvalue weighted by Crippen LogP contribution is -1.93. The molecule has 1 aromatic carbocycles. The Balaban J connectivity index is 2.59. The van der Waals surface area contributed by atoms with E-state index in [1.54, 1.807) is 13.0 Å². The van der Waals surface area contributed by atoms with Crippen molar-refractivity contribution in [2.75, 3.05) is 0 Å². The molecule has 2 nitrogen and oxygen atoms in total. The van der Waals surface area contributed by atoms with Crippen molar-refractivity contribution in [3.8, 4) is 11.3 Å². The van der Waals surface area contributed by atoms with Gasteiger partial charge in [-0.15, -0.1) is 0 Å². The summed E-state index contributed by atoms with van der Waals surface area (Å²) in [4.78, 5) is 7.98. The van der Waals surface area contributed by atoms with Gasteiger partial charge in [-0.1, -0.05) is 23.7 Å². The van der Waals surface area contributed by atoms with E-state index in [9.17, 15) is 4.39 Å². The van der Waals surface area contributed by atoms with Crippen LogP contribution in [0, 0.1) is 19.7 Å². The standard InChI is InChI=1S/C12H10ClFN2/c1-7-3-4-9(5-10(7)14)11-8(2)12(13)16-6-15-11/h3-6H,1-2H3. The first-order valence-corrected chi connectivity index (χ1v) is 5.21. The molecule has 1 heterocycles. The average molecular weight is 237 g/mol. The highest BCUT2D eigenvalue weighted by atomic mass is 35.5. The lowest BCUT2D eigenvalue weighted by Gasteiger charge is -2.06. The molecule has 0 spiro atoms. The summed E-state index contributed by atoms with van der Waals surface area (Å²) in [6, 6.07) is 5.01. The predicted octanol–water partition coefficient (Wildman–Crippen LogP) is 3.55. The third-order valence-electron chi connectivity index (χ3n) is 2.47. The van der Waals surface area contributed by atoms with E-state index >= 15 is 0 Å². The Hall–Kier alpha value is -1.48. The molecule has 16 heavy (non-hydrogen) atoms. The largest absolute Gasteiger partial charge is 0.236 e. The lowest BCUT2D eigenvalue weighted by molar-refractivity contribution is 0.619. The molecular formula is C12H10ClFN2.